The van der Waals surface area contributed by atoms with Gasteiger partial charge in [0.1, 0.15) is 5.78 Å². The highest BCUT2D eigenvalue weighted by molar-refractivity contribution is 5.82. The van der Waals surface area contributed by atoms with Gasteiger partial charge >= 0.3 is 0 Å². The molecule has 1 atom stereocenters. The molecule has 12 heavy (non-hydrogen) atoms. The van der Waals surface area contributed by atoms with E-state index in [1.807, 2.05) is 6.92 Å². The van der Waals surface area contributed by atoms with Gasteiger partial charge in [-0.05, 0) is 6.92 Å². The third-order valence-corrected chi connectivity index (χ3v) is 2.31. The second-order valence-electron chi connectivity index (χ2n) is 3.24. The molecule has 0 saturated carbocycles. The van der Waals surface area contributed by atoms with E-state index in [1.54, 1.807) is 0 Å². The van der Waals surface area contributed by atoms with Crippen LogP contribution >= 0.6 is 0 Å². The molecule has 4 heteroatoms. The number of hydrogen-bond donors (Lipinski definition) is 1. The molecule has 0 aliphatic carbocycles. The Morgan fingerprint density at radius 1 is 1.50 bits per heavy atom. The first-order valence-electron chi connectivity index (χ1n) is 4.32. The first-order valence-corrected chi connectivity index (χ1v) is 4.32. The zero-order valence-corrected chi connectivity index (χ0v) is 7.08. The minimum absolute atomic E-state index is 0.0880. The van der Waals surface area contributed by atoms with E-state index >= 15 is 0 Å². The molecule has 1 unspecified atom stereocenters. The van der Waals surface area contributed by atoms with E-state index in [2.05, 4.69) is 5.32 Å². The predicted molar refractivity (Wildman–Crippen MR) is 41.4 cm³/mol. The van der Waals surface area contributed by atoms with Crippen molar-refractivity contribution in [2.75, 3.05) is 13.1 Å². The van der Waals surface area contributed by atoms with Crippen molar-refractivity contribution in [1.29, 1.82) is 0 Å². The van der Waals surface area contributed by atoms with Crippen molar-refractivity contribution in [3.63, 3.8) is 0 Å². The molecular weight excluding hydrogens is 158 g/mol. The number of ether oxygens (including phenoxy) is 2. The number of nitrogens with one attached hydrogen (secondary N) is 1. The molecule has 0 aromatic heterocycles. The minimum Gasteiger partial charge on any atom is -0.323 e. The zero-order chi connectivity index (χ0) is 8.55. The fraction of sp³-hybridized carbons (Fsp3) is 0.875. The van der Waals surface area contributed by atoms with Crippen molar-refractivity contribution < 1.29 is 14.3 Å². The molecule has 2 rings (SSSR count). The summed E-state index contributed by atoms with van der Waals surface area (Å²) < 4.78 is 10.5. The van der Waals surface area contributed by atoms with E-state index in [1.165, 1.54) is 0 Å². The molecule has 4 nitrogen and oxygen atoms in total. The summed E-state index contributed by atoms with van der Waals surface area (Å²) in [7, 11) is 0. The monoisotopic (exact) mass is 171 g/mol. The standard InChI is InChI=1S/C8H13NO3/c1-5-11-8(12-5)6-4-9-3-2-7(6)10/h5-6,8-9H,2-4H2,1H3. The number of rotatable bonds is 1. The maximum atomic E-state index is 11.3. The molecule has 0 aromatic rings. The Hall–Kier alpha value is -0.450. The summed E-state index contributed by atoms with van der Waals surface area (Å²) in [5, 5.41) is 3.15. The number of carbonyl (C=O) groups excluding carboxylic acids is 1. The smallest absolute Gasteiger partial charge is 0.174 e. The van der Waals surface area contributed by atoms with E-state index in [-0.39, 0.29) is 24.3 Å². The summed E-state index contributed by atoms with van der Waals surface area (Å²) in [5.41, 5.74) is 0. The molecule has 2 fully saturated rings. The zero-order valence-electron chi connectivity index (χ0n) is 7.08. The first kappa shape index (κ1) is 8.16. The topological polar surface area (TPSA) is 47.6 Å². The van der Waals surface area contributed by atoms with Gasteiger partial charge in [-0.2, -0.15) is 0 Å². The third-order valence-electron chi connectivity index (χ3n) is 2.31. The molecule has 68 valence electrons. The molecule has 0 bridgehead atoms. The van der Waals surface area contributed by atoms with Crippen molar-refractivity contribution >= 4 is 5.78 Å². The van der Waals surface area contributed by atoms with Crippen molar-refractivity contribution in [3.8, 4) is 0 Å². The van der Waals surface area contributed by atoms with Crippen LogP contribution < -0.4 is 5.32 Å². The van der Waals surface area contributed by atoms with Crippen molar-refractivity contribution in [3.05, 3.63) is 0 Å². The van der Waals surface area contributed by atoms with Crippen LogP contribution in [-0.4, -0.2) is 31.5 Å². The number of hydrogen-bond acceptors (Lipinski definition) is 4. The van der Waals surface area contributed by atoms with Crippen LogP contribution in [0.1, 0.15) is 13.3 Å². The largest absolute Gasteiger partial charge is 0.323 e. The molecular formula is C8H13NO3. The maximum Gasteiger partial charge on any atom is 0.174 e. The van der Waals surface area contributed by atoms with Crippen LogP contribution in [0, 0.1) is 5.92 Å². The maximum absolute atomic E-state index is 11.3. The van der Waals surface area contributed by atoms with E-state index in [9.17, 15) is 4.79 Å². The third kappa shape index (κ3) is 1.37. The quantitative estimate of drug-likeness (QED) is 0.597. The SMILES string of the molecule is CC1OC(C2CNCCC2=O)O1. The lowest BCUT2D eigenvalue weighted by molar-refractivity contribution is -0.387. The van der Waals surface area contributed by atoms with Gasteiger partial charge in [0, 0.05) is 19.5 Å². The second-order valence-corrected chi connectivity index (χ2v) is 3.24. The lowest BCUT2D eigenvalue weighted by Gasteiger charge is -2.39. The van der Waals surface area contributed by atoms with Gasteiger partial charge in [0.05, 0.1) is 5.92 Å². The van der Waals surface area contributed by atoms with Gasteiger partial charge in [-0.3, -0.25) is 4.79 Å². The molecule has 2 aliphatic rings. The number of carbonyl (C=O) groups is 1. The second kappa shape index (κ2) is 3.12. The van der Waals surface area contributed by atoms with Crippen LogP contribution in [0.2, 0.25) is 0 Å². The number of piperidine rings is 1. The lowest BCUT2D eigenvalue weighted by Crippen LogP contribution is -2.52. The lowest BCUT2D eigenvalue weighted by atomic mass is 9.97. The molecule has 0 aromatic carbocycles. The van der Waals surface area contributed by atoms with Crippen LogP contribution in [0.4, 0.5) is 0 Å². The van der Waals surface area contributed by atoms with Crippen molar-refractivity contribution in [2.45, 2.75) is 25.9 Å². The summed E-state index contributed by atoms with van der Waals surface area (Å²) in [6, 6.07) is 0. The summed E-state index contributed by atoms with van der Waals surface area (Å²) in [5.74, 6) is 0.167. The number of ketones is 1. The van der Waals surface area contributed by atoms with Crippen molar-refractivity contribution in [1.82, 2.24) is 5.32 Å². The minimum atomic E-state index is -0.291. The van der Waals surface area contributed by atoms with Gasteiger partial charge in [-0.25, -0.2) is 0 Å². The number of Topliss-reactive ketones (excluding diaryl/α,β-unsaturated/α-hetero) is 1. The first-order chi connectivity index (χ1) is 5.77. The fourth-order valence-electron chi connectivity index (χ4n) is 1.59. The summed E-state index contributed by atoms with van der Waals surface area (Å²) >= 11 is 0. The molecule has 2 aliphatic heterocycles. The summed E-state index contributed by atoms with van der Waals surface area (Å²) in [4.78, 5) is 11.3. The molecule has 0 amide bonds. The van der Waals surface area contributed by atoms with Crippen LogP contribution in [0.5, 0.6) is 0 Å². The van der Waals surface area contributed by atoms with Gasteiger partial charge in [0.25, 0.3) is 0 Å². The van der Waals surface area contributed by atoms with Gasteiger partial charge in [-0.1, -0.05) is 0 Å². The van der Waals surface area contributed by atoms with Gasteiger partial charge in [0.2, 0.25) is 0 Å². The summed E-state index contributed by atoms with van der Waals surface area (Å²) in [6.07, 6.45) is 0.174. The van der Waals surface area contributed by atoms with E-state index in [4.69, 9.17) is 9.47 Å². The molecule has 1 N–H and O–H groups in total. The summed E-state index contributed by atoms with van der Waals surface area (Å²) in [6.45, 7) is 3.31. The Labute approximate surface area is 71.2 Å². The van der Waals surface area contributed by atoms with E-state index in [0.29, 0.717) is 13.0 Å². The fourth-order valence-corrected chi connectivity index (χ4v) is 1.59. The Morgan fingerprint density at radius 3 is 2.83 bits per heavy atom. The van der Waals surface area contributed by atoms with Gasteiger partial charge in [0.15, 0.2) is 12.6 Å². The predicted octanol–water partition coefficient (Wildman–Crippen LogP) is -0.116. The highest BCUT2D eigenvalue weighted by Gasteiger charge is 2.39. The molecule has 0 radical (unpaired) electrons. The van der Waals surface area contributed by atoms with Crippen LogP contribution in [0.25, 0.3) is 0 Å². The van der Waals surface area contributed by atoms with Crippen LogP contribution in [0.3, 0.4) is 0 Å². The highest BCUT2D eigenvalue weighted by atomic mass is 16.9. The Kier molecular flexibility index (Phi) is 2.12. The van der Waals surface area contributed by atoms with Crippen LogP contribution in [0.15, 0.2) is 0 Å². The molecule has 2 saturated heterocycles. The van der Waals surface area contributed by atoms with Gasteiger partial charge in [-0.15, -0.1) is 0 Å². The average Bonchev–Trinajstić information content (AvgIpc) is 2.01. The molecule has 0 spiro atoms. The normalized spacial score (nSPS) is 42.4. The van der Waals surface area contributed by atoms with Crippen LogP contribution in [-0.2, 0) is 14.3 Å². The molecule has 2 heterocycles. The van der Waals surface area contributed by atoms with E-state index in [0.717, 1.165) is 6.54 Å². The Balaban J connectivity index is 1.89. The average molecular weight is 171 g/mol. The van der Waals surface area contributed by atoms with E-state index < -0.39 is 0 Å². The Bertz CT molecular complexity index is 189. The van der Waals surface area contributed by atoms with Gasteiger partial charge < -0.3 is 14.8 Å². The van der Waals surface area contributed by atoms with Crippen molar-refractivity contribution in [2.24, 2.45) is 5.92 Å². The highest BCUT2D eigenvalue weighted by Crippen LogP contribution is 2.25. The Morgan fingerprint density at radius 2 is 2.25 bits per heavy atom.